The number of hydrogen-bond acceptors (Lipinski definition) is 3. The van der Waals surface area contributed by atoms with Gasteiger partial charge in [0.15, 0.2) is 0 Å². The van der Waals surface area contributed by atoms with Crippen molar-refractivity contribution < 1.29 is 4.79 Å². The lowest BCUT2D eigenvalue weighted by Crippen LogP contribution is -2.48. The van der Waals surface area contributed by atoms with Crippen LogP contribution in [0.4, 0.5) is 0 Å². The summed E-state index contributed by atoms with van der Waals surface area (Å²) in [6.45, 7) is 4.33. The molecule has 1 aliphatic rings. The highest BCUT2D eigenvalue weighted by atomic mass is 32.2. The Hall–Kier alpha value is -1.03. The zero-order chi connectivity index (χ0) is 13.7. The smallest absolute Gasteiger partial charge is 0.233 e. The Kier molecular flexibility index (Phi) is 5.25. The molecule has 19 heavy (non-hydrogen) atoms. The lowest BCUT2D eigenvalue weighted by molar-refractivity contribution is -0.134. The van der Waals surface area contributed by atoms with Gasteiger partial charge in [-0.05, 0) is 45.2 Å². The SMILES string of the molecule is C[C@@H]1CCC[C@@H](C)N1C(=O)CSCc1ccccn1. The van der Waals surface area contributed by atoms with Gasteiger partial charge in [0.2, 0.25) is 5.91 Å². The lowest BCUT2D eigenvalue weighted by atomic mass is 9.98. The van der Waals surface area contributed by atoms with Gasteiger partial charge in [0.05, 0.1) is 11.4 Å². The largest absolute Gasteiger partial charge is 0.337 e. The Balaban J connectivity index is 1.80. The van der Waals surface area contributed by atoms with Gasteiger partial charge in [-0.1, -0.05) is 6.07 Å². The highest BCUT2D eigenvalue weighted by Crippen LogP contribution is 2.23. The summed E-state index contributed by atoms with van der Waals surface area (Å²) in [7, 11) is 0. The van der Waals surface area contributed by atoms with Crippen molar-refractivity contribution >= 4 is 17.7 Å². The van der Waals surface area contributed by atoms with Crippen LogP contribution in [-0.4, -0.2) is 33.6 Å². The fourth-order valence-corrected chi connectivity index (χ4v) is 3.52. The van der Waals surface area contributed by atoms with Crippen LogP contribution in [0, 0.1) is 0 Å². The maximum atomic E-state index is 12.3. The van der Waals surface area contributed by atoms with Crippen molar-refractivity contribution in [3.63, 3.8) is 0 Å². The van der Waals surface area contributed by atoms with Gasteiger partial charge in [-0.2, -0.15) is 0 Å². The number of carbonyl (C=O) groups excluding carboxylic acids is 1. The van der Waals surface area contributed by atoms with Crippen LogP contribution >= 0.6 is 11.8 Å². The normalized spacial score (nSPS) is 23.4. The van der Waals surface area contributed by atoms with Crippen LogP contribution in [0.25, 0.3) is 0 Å². The van der Waals surface area contributed by atoms with E-state index in [4.69, 9.17) is 0 Å². The molecule has 1 aliphatic heterocycles. The second kappa shape index (κ2) is 6.94. The van der Waals surface area contributed by atoms with Crippen molar-refractivity contribution in [2.45, 2.75) is 50.9 Å². The van der Waals surface area contributed by atoms with Crippen LogP contribution in [0.1, 0.15) is 38.8 Å². The minimum absolute atomic E-state index is 0.278. The zero-order valence-corrected chi connectivity index (χ0v) is 12.5. The van der Waals surface area contributed by atoms with E-state index in [-0.39, 0.29) is 5.91 Å². The first kappa shape index (κ1) is 14.4. The van der Waals surface area contributed by atoms with Gasteiger partial charge in [0.1, 0.15) is 0 Å². The number of aromatic nitrogens is 1. The van der Waals surface area contributed by atoms with Crippen molar-refractivity contribution in [1.29, 1.82) is 0 Å². The van der Waals surface area contributed by atoms with Gasteiger partial charge in [0.25, 0.3) is 0 Å². The van der Waals surface area contributed by atoms with E-state index in [1.807, 2.05) is 18.2 Å². The van der Waals surface area contributed by atoms with E-state index in [1.54, 1.807) is 18.0 Å². The maximum Gasteiger partial charge on any atom is 0.233 e. The van der Waals surface area contributed by atoms with Crippen LogP contribution < -0.4 is 0 Å². The summed E-state index contributed by atoms with van der Waals surface area (Å²) in [6.07, 6.45) is 5.32. The summed E-state index contributed by atoms with van der Waals surface area (Å²) in [5.74, 6) is 1.65. The summed E-state index contributed by atoms with van der Waals surface area (Å²) < 4.78 is 0. The predicted octanol–water partition coefficient (Wildman–Crippen LogP) is 3.10. The topological polar surface area (TPSA) is 33.2 Å². The summed E-state index contributed by atoms with van der Waals surface area (Å²) in [6, 6.07) is 6.69. The van der Waals surface area contributed by atoms with E-state index in [0.717, 1.165) is 24.3 Å². The Morgan fingerprint density at radius 2 is 2.11 bits per heavy atom. The molecule has 0 N–H and O–H groups in total. The molecule has 0 aromatic carbocycles. The van der Waals surface area contributed by atoms with Gasteiger partial charge in [-0.15, -0.1) is 11.8 Å². The molecule has 0 radical (unpaired) electrons. The average molecular weight is 278 g/mol. The van der Waals surface area contributed by atoms with E-state index < -0.39 is 0 Å². The molecule has 0 saturated carbocycles. The number of carbonyl (C=O) groups is 1. The van der Waals surface area contributed by atoms with Gasteiger partial charge < -0.3 is 4.90 Å². The Morgan fingerprint density at radius 3 is 2.74 bits per heavy atom. The van der Waals surface area contributed by atoms with E-state index in [1.165, 1.54) is 6.42 Å². The standard InChI is InChI=1S/C15H22N2OS/c1-12-6-5-7-13(2)17(12)15(18)11-19-10-14-8-3-4-9-16-14/h3-4,8-9,12-13H,5-7,10-11H2,1-2H3/t12-,13-/m1/s1. The summed E-state index contributed by atoms with van der Waals surface area (Å²) >= 11 is 1.66. The fraction of sp³-hybridized carbons (Fsp3) is 0.600. The minimum atomic E-state index is 0.278. The zero-order valence-electron chi connectivity index (χ0n) is 11.7. The Labute approximate surface area is 119 Å². The molecule has 1 aromatic rings. The molecule has 0 bridgehead atoms. The molecule has 0 spiro atoms. The quantitative estimate of drug-likeness (QED) is 0.848. The third-order valence-corrected chi connectivity index (χ3v) is 4.63. The van der Waals surface area contributed by atoms with E-state index in [0.29, 0.717) is 17.8 Å². The summed E-state index contributed by atoms with van der Waals surface area (Å²) in [5.41, 5.74) is 1.04. The number of nitrogens with zero attached hydrogens (tertiary/aromatic N) is 2. The predicted molar refractivity (Wildman–Crippen MR) is 80.0 cm³/mol. The van der Waals surface area contributed by atoms with Crippen LogP contribution in [0.5, 0.6) is 0 Å². The maximum absolute atomic E-state index is 12.3. The van der Waals surface area contributed by atoms with Gasteiger partial charge >= 0.3 is 0 Å². The molecule has 0 aliphatic carbocycles. The average Bonchev–Trinajstić information content (AvgIpc) is 2.40. The van der Waals surface area contributed by atoms with Gasteiger partial charge in [-0.3, -0.25) is 9.78 Å². The van der Waals surface area contributed by atoms with E-state index in [9.17, 15) is 4.79 Å². The number of piperidine rings is 1. The minimum Gasteiger partial charge on any atom is -0.337 e. The summed E-state index contributed by atoms with van der Waals surface area (Å²) in [5, 5.41) is 0. The third kappa shape index (κ3) is 3.96. The second-order valence-electron chi connectivity index (χ2n) is 5.24. The Bertz CT molecular complexity index is 400. The highest BCUT2D eigenvalue weighted by molar-refractivity contribution is 7.99. The molecule has 2 heterocycles. The molecular formula is C15H22N2OS. The van der Waals surface area contributed by atoms with Crippen molar-refractivity contribution in [3.8, 4) is 0 Å². The number of pyridine rings is 1. The number of rotatable bonds is 4. The Morgan fingerprint density at radius 1 is 1.37 bits per heavy atom. The molecule has 1 amide bonds. The van der Waals surface area contributed by atoms with Crippen molar-refractivity contribution in [3.05, 3.63) is 30.1 Å². The van der Waals surface area contributed by atoms with Crippen LogP contribution in [0.2, 0.25) is 0 Å². The van der Waals surface area contributed by atoms with Crippen LogP contribution in [0.3, 0.4) is 0 Å². The molecule has 1 saturated heterocycles. The van der Waals surface area contributed by atoms with Crippen LogP contribution in [-0.2, 0) is 10.5 Å². The van der Waals surface area contributed by atoms with Gasteiger partial charge in [-0.25, -0.2) is 0 Å². The fourth-order valence-electron chi connectivity index (χ4n) is 2.71. The molecule has 4 heteroatoms. The molecule has 1 aromatic heterocycles. The number of likely N-dealkylation sites (tertiary alicyclic amines) is 1. The molecule has 3 nitrogen and oxygen atoms in total. The summed E-state index contributed by atoms with van der Waals surface area (Å²) in [4.78, 5) is 18.6. The number of thioether (sulfide) groups is 1. The van der Waals surface area contributed by atoms with Crippen molar-refractivity contribution in [2.24, 2.45) is 0 Å². The second-order valence-corrected chi connectivity index (χ2v) is 6.23. The van der Waals surface area contributed by atoms with Crippen molar-refractivity contribution in [2.75, 3.05) is 5.75 Å². The molecule has 0 unspecified atom stereocenters. The van der Waals surface area contributed by atoms with Crippen LogP contribution in [0.15, 0.2) is 24.4 Å². The molecule has 1 fully saturated rings. The molecular weight excluding hydrogens is 256 g/mol. The molecule has 2 atom stereocenters. The monoisotopic (exact) mass is 278 g/mol. The lowest BCUT2D eigenvalue weighted by Gasteiger charge is -2.39. The molecule has 2 rings (SSSR count). The van der Waals surface area contributed by atoms with Gasteiger partial charge in [0, 0.05) is 24.0 Å². The van der Waals surface area contributed by atoms with Crippen molar-refractivity contribution in [1.82, 2.24) is 9.88 Å². The highest BCUT2D eigenvalue weighted by Gasteiger charge is 2.28. The van der Waals surface area contributed by atoms with E-state index >= 15 is 0 Å². The third-order valence-electron chi connectivity index (χ3n) is 3.68. The first-order valence-corrected chi connectivity index (χ1v) is 8.12. The molecule has 104 valence electrons. The first-order valence-electron chi connectivity index (χ1n) is 6.97. The number of amides is 1. The first-order chi connectivity index (χ1) is 9.18. The number of hydrogen-bond donors (Lipinski definition) is 0. The van der Waals surface area contributed by atoms with E-state index in [2.05, 4.69) is 23.7 Å².